The topological polar surface area (TPSA) is 64.8 Å². The normalized spacial score (nSPS) is 19.6. The molecule has 0 N–H and O–H groups in total. The van der Waals surface area contributed by atoms with Crippen LogP contribution in [0.2, 0.25) is 0 Å². The van der Waals surface area contributed by atoms with Gasteiger partial charge < -0.3 is 19.5 Å². The average molecular weight is 671 g/mol. The zero-order valence-corrected chi connectivity index (χ0v) is 30.6. The second-order valence-corrected chi connectivity index (χ2v) is 14.0. The van der Waals surface area contributed by atoms with Gasteiger partial charge in [0, 0.05) is 60.5 Å². The Bertz CT molecular complexity index is 1910. The Kier molecular flexibility index (Phi) is 10.7. The van der Waals surface area contributed by atoms with Crippen LogP contribution in [0.25, 0.3) is 5.57 Å². The summed E-state index contributed by atoms with van der Waals surface area (Å²) >= 11 is 0. The van der Waals surface area contributed by atoms with Crippen LogP contribution in [0.5, 0.6) is 0 Å². The van der Waals surface area contributed by atoms with Gasteiger partial charge in [-0.05, 0) is 100 Å². The van der Waals surface area contributed by atoms with E-state index in [1.54, 1.807) is 7.11 Å². The first-order chi connectivity index (χ1) is 24.1. The van der Waals surface area contributed by atoms with E-state index in [1.807, 2.05) is 55.7 Å². The Morgan fingerprint density at radius 2 is 1.50 bits per heavy atom. The number of carbonyl (C=O) groups excluding carboxylic acids is 1. The Morgan fingerprint density at radius 1 is 0.840 bits per heavy atom. The summed E-state index contributed by atoms with van der Waals surface area (Å²) in [4.78, 5) is 16.0. The van der Waals surface area contributed by atoms with Crippen LogP contribution < -0.4 is 10.0 Å². The van der Waals surface area contributed by atoms with Gasteiger partial charge in [-0.2, -0.15) is 4.58 Å². The summed E-state index contributed by atoms with van der Waals surface area (Å²) in [6, 6.07) is 21.1. The third-order valence-corrected chi connectivity index (χ3v) is 10.5. The van der Waals surface area contributed by atoms with Gasteiger partial charge in [-0.15, -0.1) is 0 Å². The highest BCUT2D eigenvalue weighted by molar-refractivity contribution is 6.39. The zero-order valence-electron chi connectivity index (χ0n) is 30.6. The third-order valence-electron chi connectivity index (χ3n) is 10.5. The van der Waals surface area contributed by atoms with E-state index < -0.39 is 0 Å². The summed E-state index contributed by atoms with van der Waals surface area (Å²) in [6.07, 6.45) is 13.2. The van der Waals surface area contributed by atoms with Crippen molar-refractivity contribution in [1.29, 1.82) is 0 Å². The number of allylic oxidation sites excluding steroid dienone is 7. The molecular weight excluding hydrogens is 620 g/mol. The standard InChI is InChI=1S/C44H50N2O4/c1-8-36(49-6)27-45(37-23-13-28(2)25-30(37)4)34-19-15-32(16-20-34)41-43(47)42(44(41)48)33-17-21-35(22-18-33)46(38-24-14-29(3)26-31(38)5)39-11-9-10-12-40(39)50-7/h13-26,36,39-40H,8-12,27H2,1-7H3. The maximum Gasteiger partial charge on any atom is 0.208 e. The van der Waals surface area contributed by atoms with E-state index in [-0.39, 0.29) is 40.9 Å². The summed E-state index contributed by atoms with van der Waals surface area (Å²) in [5, 5.41) is 13.6. The molecule has 0 aliphatic heterocycles. The first-order valence-corrected chi connectivity index (χ1v) is 18.0. The Balaban J connectivity index is 1.31. The Morgan fingerprint density at radius 3 is 2.10 bits per heavy atom. The monoisotopic (exact) mass is 670 g/mol. The number of ether oxygens (including phenoxy) is 2. The predicted molar refractivity (Wildman–Crippen MR) is 202 cm³/mol. The van der Waals surface area contributed by atoms with Gasteiger partial charge in [-0.25, -0.2) is 0 Å². The maximum atomic E-state index is 13.6. The second kappa shape index (κ2) is 15.2. The quantitative estimate of drug-likeness (QED) is 0.160. The fourth-order valence-corrected chi connectivity index (χ4v) is 7.77. The molecule has 0 spiro atoms. The van der Waals surface area contributed by atoms with E-state index >= 15 is 0 Å². The molecule has 3 aliphatic rings. The van der Waals surface area contributed by atoms with Crippen molar-refractivity contribution in [2.24, 2.45) is 0 Å². The highest BCUT2D eigenvalue weighted by Gasteiger charge is 2.34. The summed E-state index contributed by atoms with van der Waals surface area (Å²) in [5.41, 5.74) is 10.9. The molecule has 3 aliphatic carbocycles. The minimum absolute atomic E-state index is 0.0557. The van der Waals surface area contributed by atoms with E-state index in [0.29, 0.717) is 17.7 Å². The number of nitrogens with zero attached hydrogens (tertiary/aromatic N) is 2. The second-order valence-electron chi connectivity index (χ2n) is 14.0. The maximum absolute atomic E-state index is 13.6. The van der Waals surface area contributed by atoms with Gasteiger partial charge in [0.1, 0.15) is 6.10 Å². The molecular formula is C44H50N2O4. The molecule has 50 heavy (non-hydrogen) atoms. The lowest BCUT2D eigenvalue weighted by atomic mass is 9.80. The number of Topliss-reactive ketones (excluding diaryl/α,β-unsaturated/α-hetero) is 1. The SMILES string of the molecule is CCC(C[N+](=C1C=CC(=C2C(=O)C(c3ccc(N(c4ccc(C)cc4C)C4CCCCC4OC)cc3)=C2[O-])C=C1)c1ccc(C)cc1C)OC. The van der Waals surface area contributed by atoms with E-state index in [1.165, 1.54) is 22.3 Å². The molecule has 0 heterocycles. The van der Waals surface area contributed by atoms with Crippen molar-refractivity contribution in [3.63, 3.8) is 0 Å². The van der Waals surface area contributed by atoms with Gasteiger partial charge >= 0.3 is 0 Å². The number of rotatable bonds is 10. The molecule has 0 radical (unpaired) electrons. The van der Waals surface area contributed by atoms with Crippen LogP contribution in [-0.2, 0) is 14.3 Å². The summed E-state index contributed by atoms with van der Waals surface area (Å²) < 4.78 is 14.0. The Labute approximate surface area is 297 Å². The zero-order chi connectivity index (χ0) is 35.5. The summed E-state index contributed by atoms with van der Waals surface area (Å²) in [5.74, 6) is -0.407. The first-order valence-electron chi connectivity index (χ1n) is 18.0. The van der Waals surface area contributed by atoms with Crippen molar-refractivity contribution in [1.82, 2.24) is 0 Å². The van der Waals surface area contributed by atoms with Crippen LogP contribution in [0.4, 0.5) is 17.1 Å². The molecule has 1 saturated carbocycles. The lowest BCUT2D eigenvalue weighted by molar-refractivity contribution is -0.452. The molecule has 6 heteroatoms. The first kappa shape index (κ1) is 35.3. The van der Waals surface area contributed by atoms with Crippen molar-refractivity contribution < 1.29 is 24.0 Å². The van der Waals surface area contributed by atoms with Crippen molar-refractivity contribution in [3.05, 3.63) is 130 Å². The number of aryl methyl sites for hydroxylation is 4. The van der Waals surface area contributed by atoms with E-state index in [2.05, 4.69) is 80.5 Å². The van der Waals surface area contributed by atoms with Gasteiger partial charge in [-0.1, -0.05) is 67.0 Å². The Hall–Kier alpha value is -4.52. The molecule has 260 valence electrons. The lowest BCUT2D eigenvalue weighted by Gasteiger charge is -2.41. The molecule has 0 saturated heterocycles. The van der Waals surface area contributed by atoms with Crippen molar-refractivity contribution >= 4 is 34.1 Å². The van der Waals surface area contributed by atoms with Crippen LogP contribution in [0, 0.1) is 27.7 Å². The third kappa shape index (κ3) is 6.92. The highest BCUT2D eigenvalue weighted by Crippen LogP contribution is 2.41. The molecule has 3 unspecified atom stereocenters. The fourth-order valence-electron chi connectivity index (χ4n) is 7.77. The molecule has 0 bridgehead atoms. The minimum atomic E-state index is -0.204. The number of benzene rings is 3. The van der Waals surface area contributed by atoms with Gasteiger partial charge in [0.05, 0.1) is 12.1 Å². The minimum Gasteiger partial charge on any atom is -0.871 e. The molecule has 0 amide bonds. The van der Waals surface area contributed by atoms with E-state index in [9.17, 15) is 9.90 Å². The van der Waals surface area contributed by atoms with Crippen LogP contribution in [0.1, 0.15) is 66.8 Å². The molecule has 0 aromatic heterocycles. The van der Waals surface area contributed by atoms with Crippen LogP contribution in [-0.4, -0.2) is 55.1 Å². The molecule has 6 nitrogen and oxygen atoms in total. The van der Waals surface area contributed by atoms with Gasteiger partial charge in [0.2, 0.25) is 11.4 Å². The molecule has 1 fully saturated rings. The van der Waals surface area contributed by atoms with Crippen molar-refractivity contribution in [2.75, 3.05) is 25.7 Å². The summed E-state index contributed by atoms with van der Waals surface area (Å²) in [6.45, 7) is 11.3. The lowest BCUT2D eigenvalue weighted by Crippen LogP contribution is -2.44. The number of ketones is 1. The fraction of sp³-hybridized carbons (Fsp3) is 0.364. The number of carbonyl (C=O) groups is 1. The van der Waals surface area contributed by atoms with Crippen LogP contribution >= 0.6 is 0 Å². The van der Waals surface area contributed by atoms with Gasteiger partial charge in [0.25, 0.3) is 0 Å². The average Bonchev–Trinajstić information content (AvgIpc) is 3.12. The molecule has 3 aromatic carbocycles. The van der Waals surface area contributed by atoms with Gasteiger partial charge in [0.15, 0.2) is 12.3 Å². The number of methoxy groups -OCH3 is 2. The number of hydrogen-bond acceptors (Lipinski definition) is 5. The highest BCUT2D eigenvalue weighted by atomic mass is 16.5. The summed E-state index contributed by atoms with van der Waals surface area (Å²) in [7, 11) is 3.56. The predicted octanol–water partition coefficient (Wildman–Crippen LogP) is 8.30. The van der Waals surface area contributed by atoms with E-state index in [0.717, 1.165) is 54.9 Å². The molecule has 3 atom stereocenters. The molecule has 6 rings (SSSR count). The molecule has 3 aromatic rings. The largest absolute Gasteiger partial charge is 0.871 e. The number of anilines is 2. The van der Waals surface area contributed by atoms with Crippen molar-refractivity contribution in [3.8, 4) is 0 Å². The smallest absolute Gasteiger partial charge is 0.208 e. The van der Waals surface area contributed by atoms with Crippen LogP contribution in [0.15, 0.2) is 102 Å². The van der Waals surface area contributed by atoms with Crippen molar-refractivity contribution in [2.45, 2.75) is 85.0 Å². The van der Waals surface area contributed by atoms with Crippen LogP contribution in [0.3, 0.4) is 0 Å². The number of hydrogen-bond donors (Lipinski definition) is 0. The van der Waals surface area contributed by atoms with Gasteiger partial charge in [-0.3, -0.25) is 4.79 Å². The van der Waals surface area contributed by atoms with E-state index in [4.69, 9.17) is 9.47 Å².